The van der Waals surface area contributed by atoms with Gasteiger partial charge in [-0.05, 0) is 23.5 Å². The molecule has 0 fully saturated rings. The predicted molar refractivity (Wildman–Crippen MR) is 68.9 cm³/mol. The maximum Gasteiger partial charge on any atom is 0.292 e. The Labute approximate surface area is 102 Å². The van der Waals surface area contributed by atoms with Gasteiger partial charge in [0.05, 0.1) is 6.20 Å². The van der Waals surface area contributed by atoms with Crippen molar-refractivity contribution in [2.45, 2.75) is 32.6 Å². The summed E-state index contributed by atoms with van der Waals surface area (Å²) in [5.74, 6) is 1.42. The Morgan fingerprint density at radius 1 is 1.18 bits per heavy atom. The first kappa shape index (κ1) is 11.7. The van der Waals surface area contributed by atoms with E-state index in [0.717, 1.165) is 18.6 Å². The number of nitrogens with zero attached hydrogens (tertiary/aromatic N) is 1. The summed E-state index contributed by atoms with van der Waals surface area (Å²) in [4.78, 5) is 3.88. The zero-order valence-electron chi connectivity index (χ0n) is 10.3. The normalized spacial score (nSPS) is 11.0. The highest BCUT2D eigenvalue weighted by Crippen LogP contribution is 2.16. The van der Waals surface area contributed by atoms with Gasteiger partial charge in [-0.2, -0.15) is 0 Å². The minimum atomic E-state index is 0.246. The summed E-state index contributed by atoms with van der Waals surface area (Å²) in [6.07, 6.45) is 3.48. The molecule has 0 atom stereocenters. The molecular weight excluding hydrogens is 212 g/mol. The Bertz CT molecular complexity index is 471. The molecule has 2 aromatic rings. The average Bonchev–Trinajstić information content (AvgIpc) is 2.73. The van der Waals surface area contributed by atoms with E-state index in [4.69, 9.17) is 10.2 Å². The molecule has 0 aliphatic carbocycles. The van der Waals surface area contributed by atoms with Crippen LogP contribution in [0.3, 0.4) is 0 Å². The fourth-order valence-electron chi connectivity index (χ4n) is 1.77. The number of hydrogen-bond donors (Lipinski definition) is 1. The molecule has 1 aromatic carbocycles. The summed E-state index contributed by atoms with van der Waals surface area (Å²) in [5, 5.41) is 0. The van der Waals surface area contributed by atoms with Crippen LogP contribution < -0.4 is 5.73 Å². The van der Waals surface area contributed by atoms with Crippen molar-refractivity contribution in [3.63, 3.8) is 0 Å². The van der Waals surface area contributed by atoms with Gasteiger partial charge in [0, 0.05) is 6.42 Å². The van der Waals surface area contributed by atoms with Gasteiger partial charge in [-0.1, -0.05) is 38.1 Å². The van der Waals surface area contributed by atoms with Crippen LogP contribution in [0.1, 0.15) is 36.7 Å². The number of aromatic nitrogens is 1. The van der Waals surface area contributed by atoms with Crippen LogP contribution in [0.25, 0.3) is 0 Å². The first-order valence-corrected chi connectivity index (χ1v) is 5.94. The van der Waals surface area contributed by atoms with E-state index in [1.165, 1.54) is 11.1 Å². The van der Waals surface area contributed by atoms with Crippen molar-refractivity contribution < 1.29 is 4.42 Å². The molecule has 0 radical (unpaired) electrons. The van der Waals surface area contributed by atoms with Gasteiger partial charge in [-0.15, -0.1) is 0 Å². The molecule has 2 N–H and O–H groups in total. The molecule has 1 heterocycles. The van der Waals surface area contributed by atoms with Crippen molar-refractivity contribution in [2.75, 3.05) is 5.73 Å². The lowest BCUT2D eigenvalue weighted by Gasteiger charge is -2.06. The summed E-state index contributed by atoms with van der Waals surface area (Å²) >= 11 is 0. The number of hydrogen-bond acceptors (Lipinski definition) is 3. The van der Waals surface area contributed by atoms with Crippen LogP contribution in [-0.4, -0.2) is 4.98 Å². The smallest absolute Gasteiger partial charge is 0.292 e. The lowest BCUT2D eigenvalue weighted by atomic mass is 10.00. The number of rotatable bonds is 4. The lowest BCUT2D eigenvalue weighted by molar-refractivity contribution is 0.522. The topological polar surface area (TPSA) is 52.0 Å². The molecule has 3 nitrogen and oxygen atoms in total. The Morgan fingerprint density at radius 3 is 2.41 bits per heavy atom. The zero-order chi connectivity index (χ0) is 12.3. The minimum Gasteiger partial charge on any atom is -0.429 e. The molecule has 1 aromatic heterocycles. The molecule has 0 spiro atoms. The van der Waals surface area contributed by atoms with Crippen LogP contribution in [0.4, 0.5) is 6.01 Å². The molecule has 0 aliphatic heterocycles. The second-order valence-electron chi connectivity index (χ2n) is 4.56. The van der Waals surface area contributed by atoms with E-state index >= 15 is 0 Å². The van der Waals surface area contributed by atoms with Crippen molar-refractivity contribution in [3.8, 4) is 0 Å². The van der Waals surface area contributed by atoms with Crippen LogP contribution >= 0.6 is 0 Å². The molecule has 3 heteroatoms. The third-order valence-electron chi connectivity index (χ3n) is 2.88. The summed E-state index contributed by atoms with van der Waals surface area (Å²) in [7, 11) is 0. The number of nitrogen functional groups attached to an aromatic ring is 1. The third-order valence-corrected chi connectivity index (χ3v) is 2.88. The molecule has 17 heavy (non-hydrogen) atoms. The molecule has 0 saturated carbocycles. The summed E-state index contributed by atoms with van der Waals surface area (Å²) in [6.45, 7) is 4.40. The summed E-state index contributed by atoms with van der Waals surface area (Å²) in [5.41, 5.74) is 8.11. The van der Waals surface area contributed by atoms with Crippen LogP contribution in [0.15, 0.2) is 34.9 Å². The number of aryl methyl sites for hydroxylation is 2. The first-order chi connectivity index (χ1) is 8.15. The van der Waals surface area contributed by atoms with Gasteiger partial charge in [0.15, 0.2) is 0 Å². The molecule has 0 amide bonds. The molecule has 90 valence electrons. The monoisotopic (exact) mass is 230 g/mol. The second-order valence-corrected chi connectivity index (χ2v) is 4.56. The Balaban J connectivity index is 1.95. The SMILES string of the molecule is CC(C)c1ccc(CCc2cnc(N)o2)cc1. The van der Waals surface area contributed by atoms with Crippen LogP contribution in [0.2, 0.25) is 0 Å². The van der Waals surface area contributed by atoms with E-state index in [9.17, 15) is 0 Å². The molecule has 0 aliphatic rings. The fraction of sp³-hybridized carbons (Fsp3) is 0.357. The quantitative estimate of drug-likeness (QED) is 0.877. The highest BCUT2D eigenvalue weighted by molar-refractivity contribution is 5.25. The molecule has 0 saturated heterocycles. The Hall–Kier alpha value is -1.77. The van der Waals surface area contributed by atoms with E-state index in [1.54, 1.807) is 6.20 Å². The van der Waals surface area contributed by atoms with Crippen molar-refractivity contribution in [3.05, 3.63) is 47.3 Å². The third kappa shape index (κ3) is 3.09. The van der Waals surface area contributed by atoms with Gasteiger partial charge in [0.1, 0.15) is 5.76 Å². The number of oxazole rings is 1. The van der Waals surface area contributed by atoms with Gasteiger partial charge >= 0.3 is 0 Å². The highest BCUT2D eigenvalue weighted by atomic mass is 16.4. The first-order valence-electron chi connectivity index (χ1n) is 5.94. The highest BCUT2D eigenvalue weighted by Gasteiger charge is 2.02. The van der Waals surface area contributed by atoms with Crippen molar-refractivity contribution >= 4 is 6.01 Å². The molecule has 2 rings (SSSR count). The summed E-state index contributed by atoms with van der Waals surface area (Å²) < 4.78 is 5.23. The Kier molecular flexibility index (Phi) is 3.47. The number of anilines is 1. The van der Waals surface area contributed by atoms with Gasteiger partial charge < -0.3 is 10.2 Å². The van der Waals surface area contributed by atoms with E-state index in [1.807, 2.05) is 0 Å². The molecule has 0 unspecified atom stereocenters. The van der Waals surface area contributed by atoms with E-state index in [0.29, 0.717) is 5.92 Å². The largest absolute Gasteiger partial charge is 0.429 e. The van der Waals surface area contributed by atoms with E-state index in [-0.39, 0.29) is 6.01 Å². The van der Waals surface area contributed by atoms with Crippen molar-refractivity contribution in [1.82, 2.24) is 4.98 Å². The van der Waals surface area contributed by atoms with Crippen molar-refractivity contribution in [1.29, 1.82) is 0 Å². The lowest BCUT2D eigenvalue weighted by Crippen LogP contribution is -1.92. The van der Waals surface area contributed by atoms with Crippen molar-refractivity contribution in [2.24, 2.45) is 0 Å². The van der Waals surface area contributed by atoms with Crippen LogP contribution in [0, 0.1) is 0 Å². The second kappa shape index (κ2) is 5.04. The van der Waals surface area contributed by atoms with Gasteiger partial charge in [0.2, 0.25) is 0 Å². The Morgan fingerprint density at radius 2 is 1.88 bits per heavy atom. The van der Waals surface area contributed by atoms with Crippen LogP contribution in [-0.2, 0) is 12.8 Å². The zero-order valence-corrected chi connectivity index (χ0v) is 10.3. The maximum atomic E-state index is 5.42. The van der Waals surface area contributed by atoms with Crippen LogP contribution in [0.5, 0.6) is 0 Å². The van der Waals surface area contributed by atoms with Gasteiger partial charge in [-0.25, -0.2) is 4.98 Å². The fourth-order valence-corrected chi connectivity index (χ4v) is 1.77. The average molecular weight is 230 g/mol. The van der Waals surface area contributed by atoms with Gasteiger partial charge in [-0.3, -0.25) is 0 Å². The summed E-state index contributed by atoms with van der Waals surface area (Å²) in [6, 6.07) is 8.98. The molecule has 0 bridgehead atoms. The standard InChI is InChI=1S/C14H18N2O/c1-10(2)12-6-3-11(4-7-12)5-8-13-9-16-14(15)17-13/h3-4,6-7,9-10H,5,8H2,1-2H3,(H2,15,16). The molecular formula is C14H18N2O. The van der Waals surface area contributed by atoms with E-state index in [2.05, 4.69) is 43.1 Å². The maximum absolute atomic E-state index is 5.42. The minimum absolute atomic E-state index is 0.246. The number of benzene rings is 1. The van der Waals surface area contributed by atoms with Gasteiger partial charge in [0.25, 0.3) is 6.01 Å². The number of nitrogens with two attached hydrogens (primary N) is 1. The predicted octanol–water partition coefficient (Wildman–Crippen LogP) is 3.17. The van der Waals surface area contributed by atoms with E-state index < -0.39 is 0 Å².